The molecule has 0 fully saturated rings. The van der Waals surface area contributed by atoms with Gasteiger partial charge in [-0.3, -0.25) is 0 Å². The van der Waals surface area contributed by atoms with Crippen molar-refractivity contribution < 1.29 is 9.13 Å². The molecule has 0 bridgehead atoms. The number of hydrogen-bond acceptors (Lipinski definition) is 5. The molecule has 2 aromatic heterocycles. The fourth-order valence-electron chi connectivity index (χ4n) is 2.66. The molecule has 0 atom stereocenters. The molecule has 3 rings (SSSR count). The number of nitrogens with zero attached hydrogens (tertiary/aromatic N) is 3. The highest BCUT2D eigenvalue weighted by molar-refractivity contribution is 14.0. The summed E-state index contributed by atoms with van der Waals surface area (Å²) < 4.78 is 18.8. The third-order valence-corrected chi connectivity index (χ3v) is 5.42. The van der Waals surface area contributed by atoms with Crippen LogP contribution in [-0.2, 0) is 13.0 Å². The van der Waals surface area contributed by atoms with Crippen LogP contribution in [0.15, 0.2) is 47.6 Å². The van der Waals surface area contributed by atoms with Crippen molar-refractivity contribution in [3.8, 4) is 11.6 Å². The number of aromatic nitrogens is 2. The van der Waals surface area contributed by atoms with E-state index < -0.39 is 0 Å². The quantitative estimate of drug-likeness (QED) is 0.233. The van der Waals surface area contributed by atoms with Crippen LogP contribution >= 0.6 is 35.3 Å². The first kappa shape index (κ1) is 25.0. The first-order chi connectivity index (χ1) is 14.5. The summed E-state index contributed by atoms with van der Waals surface area (Å²) in [6, 6.07) is 9.63. The standard InChI is InChI=1S/C22H26FN5OS.HI/c1-4-24-22(25-11-10-21-28-15(2)16(3)30-21)27-14-17-8-9-20(26-13-17)29-19-7-5-6-18(23)12-19;/h5-9,12-13H,4,10-11,14H2,1-3H3,(H2,24,25,27);1H. The highest BCUT2D eigenvalue weighted by atomic mass is 127. The summed E-state index contributed by atoms with van der Waals surface area (Å²) in [6.45, 7) is 8.19. The van der Waals surface area contributed by atoms with E-state index in [0.29, 0.717) is 18.2 Å². The maximum absolute atomic E-state index is 13.2. The number of hydrogen-bond donors (Lipinski definition) is 2. The predicted octanol–water partition coefficient (Wildman–Crippen LogP) is 5.00. The molecule has 3 aromatic rings. The van der Waals surface area contributed by atoms with Crippen LogP contribution in [-0.4, -0.2) is 29.0 Å². The maximum Gasteiger partial charge on any atom is 0.219 e. The van der Waals surface area contributed by atoms with Gasteiger partial charge in [0.2, 0.25) is 5.88 Å². The normalized spacial score (nSPS) is 11.0. The molecule has 6 nitrogen and oxygen atoms in total. The summed E-state index contributed by atoms with van der Waals surface area (Å²) in [5.41, 5.74) is 2.05. The van der Waals surface area contributed by atoms with Crippen molar-refractivity contribution in [2.24, 2.45) is 4.99 Å². The number of guanidine groups is 1. The molecular formula is C22H27FIN5OS. The molecule has 166 valence electrons. The average Bonchev–Trinajstić information content (AvgIpc) is 3.04. The lowest BCUT2D eigenvalue weighted by atomic mass is 10.3. The Balaban J connectivity index is 0.00000341. The highest BCUT2D eigenvalue weighted by Gasteiger charge is 2.05. The Bertz CT molecular complexity index is 974. The van der Waals surface area contributed by atoms with Gasteiger partial charge in [0.25, 0.3) is 0 Å². The monoisotopic (exact) mass is 555 g/mol. The first-order valence-corrected chi connectivity index (χ1v) is 10.7. The maximum atomic E-state index is 13.2. The molecule has 9 heteroatoms. The number of rotatable bonds is 8. The molecule has 0 saturated carbocycles. The molecule has 2 heterocycles. The number of nitrogens with one attached hydrogen (secondary N) is 2. The van der Waals surface area contributed by atoms with E-state index in [2.05, 4.69) is 32.5 Å². The van der Waals surface area contributed by atoms with E-state index in [1.807, 2.05) is 19.9 Å². The van der Waals surface area contributed by atoms with E-state index in [1.165, 1.54) is 17.0 Å². The molecule has 0 radical (unpaired) electrons. The second-order valence-electron chi connectivity index (χ2n) is 6.69. The van der Waals surface area contributed by atoms with Crippen molar-refractivity contribution in [2.45, 2.75) is 33.7 Å². The Hall–Kier alpha value is -2.27. The third kappa shape index (κ3) is 8.06. The van der Waals surface area contributed by atoms with E-state index >= 15 is 0 Å². The molecule has 0 aliphatic carbocycles. The van der Waals surface area contributed by atoms with Crippen molar-refractivity contribution in [3.05, 3.63) is 69.6 Å². The fourth-order valence-corrected chi connectivity index (χ4v) is 3.60. The predicted molar refractivity (Wildman–Crippen MR) is 134 cm³/mol. The largest absolute Gasteiger partial charge is 0.439 e. The van der Waals surface area contributed by atoms with Crippen LogP contribution in [0.3, 0.4) is 0 Å². The second kappa shape index (κ2) is 12.6. The third-order valence-electron chi connectivity index (χ3n) is 4.28. The summed E-state index contributed by atoms with van der Waals surface area (Å²) >= 11 is 1.74. The van der Waals surface area contributed by atoms with Gasteiger partial charge in [0.05, 0.1) is 17.2 Å². The van der Waals surface area contributed by atoms with Gasteiger partial charge < -0.3 is 15.4 Å². The number of aryl methyl sites for hydroxylation is 2. The van der Waals surface area contributed by atoms with Crippen LogP contribution in [0.5, 0.6) is 11.6 Å². The SMILES string of the molecule is CCNC(=NCc1ccc(Oc2cccc(F)c2)nc1)NCCc1nc(C)c(C)s1.I. The first-order valence-electron chi connectivity index (χ1n) is 9.87. The van der Waals surface area contributed by atoms with E-state index in [-0.39, 0.29) is 29.8 Å². The number of benzene rings is 1. The summed E-state index contributed by atoms with van der Waals surface area (Å²) in [4.78, 5) is 14.7. The van der Waals surface area contributed by atoms with Crippen molar-refractivity contribution in [3.63, 3.8) is 0 Å². The van der Waals surface area contributed by atoms with Gasteiger partial charge in [-0.1, -0.05) is 12.1 Å². The lowest BCUT2D eigenvalue weighted by molar-refractivity contribution is 0.457. The number of thiazole rings is 1. The van der Waals surface area contributed by atoms with E-state index in [9.17, 15) is 4.39 Å². The van der Waals surface area contributed by atoms with E-state index in [0.717, 1.165) is 41.7 Å². The zero-order valence-corrected chi connectivity index (χ0v) is 21.0. The van der Waals surface area contributed by atoms with Gasteiger partial charge in [0, 0.05) is 42.7 Å². The van der Waals surface area contributed by atoms with Crippen molar-refractivity contribution >= 4 is 41.3 Å². The second-order valence-corrected chi connectivity index (χ2v) is 7.97. The fraction of sp³-hybridized carbons (Fsp3) is 0.318. The summed E-state index contributed by atoms with van der Waals surface area (Å²) in [5, 5.41) is 7.72. The number of ether oxygens (including phenoxy) is 1. The Morgan fingerprint density at radius 2 is 2.03 bits per heavy atom. The molecule has 2 N–H and O–H groups in total. The Morgan fingerprint density at radius 3 is 2.68 bits per heavy atom. The summed E-state index contributed by atoms with van der Waals surface area (Å²) in [5.74, 6) is 1.23. The smallest absolute Gasteiger partial charge is 0.219 e. The van der Waals surface area contributed by atoms with E-state index in [4.69, 9.17) is 4.74 Å². The van der Waals surface area contributed by atoms with Crippen LogP contribution in [0, 0.1) is 19.7 Å². The Morgan fingerprint density at radius 1 is 1.19 bits per heavy atom. The topological polar surface area (TPSA) is 71.4 Å². The van der Waals surface area contributed by atoms with Crippen molar-refractivity contribution in [2.75, 3.05) is 13.1 Å². The Labute approximate surface area is 203 Å². The van der Waals surface area contributed by atoms with Gasteiger partial charge in [-0.2, -0.15) is 0 Å². The molecule has 1 aromatic carbocycles. The van der Waals surface area contributed by atoms with E-state index in [1.54, 1.807) is 35.7 Å². The zero-order valence-electron chi connectivity index (χ0n) is 17.8. The highest BCUT2D eigenvalue weighted by Crippen LogP contribution is 2.20. The molecule has 0 aliphatic heterocycles. The van der Waals surface area contributed by atoms with Crippen LogP contribution in [0.4, 0.5) is 4.39 Å². The van der Waals surface area contributed by atoms with Crippen LogP contribution in [0.25, 0.3) is 0 Å². The van der Waals surface area contributed by atoms with Crippen LogP contribution in [0.1, 0.15) is 28.1 Å². The van der Waals surface area contributed by atoms with Crippen LogP contribution < -0.4 is 15.4 Å². The molecule has 31 heavy (non-hydrogen) atoms. The summed E-state index contributed by atoms with van der Waals surface area (Å²) in [6.07, 6.45) is 2.57. The molecule has 0 unspecified atom stereocenters. The average molecular weight is 555 g/mol. The van der Waals surface area contributed by atoms with Gasteiger partial charge in [0.1, 0.15) is 11.6 Å². The molecule has 0 spiro atoms. The number of aliphatic imine (C=N–C) groups is 1. The molecular weight excluding hydrogens is 528 g/mol. The molecule has 0 amide bonds. The molecule has 0 saturated heterocycles. The van der Waals surface area contributed by atoms with Crippen molar-refractivity contribution in [1.29, 1.82) is 0 Å². The van der Waals surface area contributed by atoms with Crippen molar-refractivity contribution in [1.82, 2.24) is 20.6 Å². The van der Waals surface area contributed by atoms with Gasteiger partial charge >= 0.3 is 0 Å². The Kier molecular flexibility index (Phi) is 10.1. The lowest BCUT2D eigenvalue weighted by Crippen LogP contribution is -2.38. The lowest BCUT2D eigenvalue weighted by Gasteiger charge is -2.10. The molecule has 0 aliphatic rings. The van der Waals surface area contributed by atoms with Gasteiger partial charge in [-0.25, -0.2) is 19.4 Å². The number of halogens is 2. The summed E-state index contributed by atoms with van der Waals surface area (Å²) in [7, 11) is 0. The number of pyridine rings is 1. The minimum Gasteiger partial charge on any atom is -0.439 e. The van der Waals surface area contributed by atoms with Gasteiger partial charge in [-0.15, -0.1) is 35.3 Å². The van der Waals surface area contributed by atoms with Crippen LogP contribution in [0.2, 0.25) is 0 Å². The minimum atomic E-state index is -0.345. The van der Waals surface area contributed by atoms with Gasteiger partial charge in [-0.05, 0) is 38.5 Å². The minimum absolute atomic E-state index is 0. The zero-order chi connectivity index (χ0) is 21.3. The van der Waals surface area contributed by atoms with Gasteiger partial charge in [0.15, 0.2) is 5.96 Å².